The molecule has 2 aromatic rings. The Morgan fingerprint density at radius 3 is 2.26 bits per heavy atom. The Morgan fingerprint density at radius 2 is 1.65 bits per heavy atom. The molecule has 168 valence electrons. The van der Waals surface area contributed by atoms with Crippen LogP contribution in [-0.4, -0.2) is 35.9 Å². The first-order valence-corrected chi connectivity index (χ1v) is 11.5. The highest BCUT2D eigenvalue weighted by Crippen LogP contribution is 2.26. The largest absolute Gasteiger partial charge is 0.483 e. The van der Waals surface area contributed by atoms with E-state index in [0.29, 0.717) is 24.8 Å². The topological polar surface area (TPSA) is 58.6 Å². The highest BCUT2D eigenvalue weighted by molar-refractivity contribution is 9.10. The molecule has 1 unspecified atom stereocenters. The molecular weight excluding hydrogens is 456 g/mol. The molecule has 31 heavy (non-hydrogen) atoms. The smallest absolute Gasteiger partial charge is 0.261 e. The molecule has 5 nitrogen and oxygen atoms in total. The fourth-order valence-electron chi connectivity index (χ4n) is 3.13. The summed E-state index contributed by atoms with van der Waals surface area (Å²) in [6.07, 6.45) is 0. The van der Waals surface area contributed by atoms with Gasteiger partial charge in [-0.3, -0.25) is 9.59 Å². The number of carbonyl (C=O) groups is 2. The SMILES string of the molecule is CC(C)CNC(=O)C(C)N(Cc1ccc(Br)cc1)C(=O)COc1ccccc1C(C)C. The lowest BCUT2D eigenvalue weighted by atomic mass is 10.0. The Bertz CT molecular complexity index is 865. The molecule has 2 rings (SSSR count). The van der Waals surface area contributed by atoms with Gasteiger partial charge in [0.25, 0.3) is 5.91 Å². The van der Waals surface area contributed by atoms with Gasteiger partial charge in [0.05, 0.1) is 0 Å². The summed E-state index contributed by atoms with van der Waals surface area (Å²) < 4.78 is 6.86. The molecule has 1 N–H and O–H groups in total. The zero-order valence-electron chi connectivity index (χ0n) is 19.0. The number of halogens is 1. The van der Waals surface area contributed by atoms with Crippen LogP contribution in [0.2, 0.25) is 0 Å². The van der Waals surface area contributed by atoms with E-state index in [0.717, 1.165) is 15.6 Å². The van der Waals surface area contributed by atoms with Gasteiger partial charge in [-0.05, 0) is 48.1 Å². The minimum absolute atomic E-state index is 0.123. The number of nitrogens with one attached hydrogen (secondary N) is 1. The van der Waals surface area contributed by atoms with E-state index in [1.54, 1.807) is 11.8 Å². The van der Waals surface area contributed by atoms with Crippen molar-refractivity contribution in [2.24, 2.45) is 5.92 Å². The number of rotatable bonds is 10. The summed E-state index contributed by atoms with van der Waals surface area (Å²) in [5, 5.41) is 2.93. The second-order valence-electron chi connectivity index (χ2n) is 8.44. The molecule has 0 fully saturated rings. The molecule has 0 aliphatic heterocycles. The van der Waals surface area contributed by atoms with Crippen molar-refractivity contribution in [1.82, 2.24) is 10.2 Å². The minimum Gasteiger partial charge on any atom is -0.483 e. The van der Waals surface area contributed by atoms with Gasteiger partial charge in [0.2, 0.25) is 5.91 Å². The van der Waals surface area contributed by atoms with Gasteiger partial charge in [-0.1, -0.05) is 74.0 Å². The molecule has 0 saturated carbocycles. The first-order chi connectivity index (χ1) is 14.7. The fraction of sp³-hybridized carbons (Fsp3) is 0.440. The summed E-state index contributed by atoms with van der Waals surface area (Å²) in [4.78, 5) is 27.4. The van der Waals surface area contributed by atoms with E-state index in [1.165, 1.54) is 0 Å². The molecule has 0 aliphatic rings. The Morgan fingerprint density at radius 1 is 1.00 bits per heavy atom. The molecule has 0 bridgehead atoms. The molecule has 0 spiro atoms. The number of carbonyl (C=O) groups excluding carboxylic acids is 2. The number of amides is 2. The van der Waals surface area contributed by atoms with Crippen LogP contribution in [-0.2, 0) is 16.1 Å². The van der Waals surface area contributed by atoms with Crippen molar-refractivity contribution in [3.8, 4) is 5.75 Å². The molecule has 0 radical (unpaired) electrons. The monoisotopic (exact) mass is 488 g/mol. The molecule has 0 heterocycles. The average Bonchev–Trinajstić information content (AvgIpc) is 2.75. The van der Waals surface area contributed by atoms with Crippen LogP contribution in [0.3, 0.4) is 0 Å². The zero-order chi connectivity index (χ0) is 23.0. The van der Waals surface area contributed by atoms with Crippen molar-refractivity contribution in [1.29, 1.82) is 0 Å². The molecular formula is C25H33BrN2O3. The number of hydrogen-bond donors (Lipinski definition) is 1. The number of para-hydroxylation sites is 1. The van der Waals surface area contributed by atoms with Gasteiger partial charge < -0.3 is 15.0 Å². The van der Waals surface area contributed by atoms with Gasteiger partial charge in [-0.25, -0.2) is 0 Å². The van der Waals surface area contributed by atoms with Crippen molar-refractivity contribution in [2.75, 3.05) is 13.2 Å². The van der Waals surface area contributed by atoms with Gasteiger partial charge in [-0.2, -0.15) is 0 Å². The van der Waals surface area contributed by atoms with Crippen LogP contribution >= 0.6 is 15.9 Å². The normalized spacial score (nSPS) is 12.0. The molecule has 0 aromatic heterocycles. The highest BCUT2D eigenvalue weighted by Gasteiger charge is 2.26. The molecule has 2 aromatic carbocycles. The maximum Gasteiger partial charge on any atom is 0.261 e. The van der Waals surface area contributed by atoms with Crippen molar-refractivity contribution in [3.63, 3.8) is 0 Å². The van der Waals surface area contributed by atoms with Crippen LogP contribution in [0.1, 0.15) is 51.7 Å². The van der Waals surface area contributed by atoms with Gasteiger partial charge in [0.1, 0.15) is 11.8 Å². The van der Waals surface area contributed by atoms with Crippen LogP contribution in [0.25, 0.3) is 0 Å². The summed E-state index contributed by atoms with van der Waals surface area (Å²) in [6.45, 7) is 10.8. The van der Waals surface area contributed by atoms with E-state index in [-0.39, 0.29) is 24.3 Å². The van der Waals surface area contributed by atoms with Crippen LogP contribution in [0.4, 0.5) is 0 Å². The number of nitrogens with zero attached hydrogens (tertiary/aromatic N) is 1. The van der Waals surface area contributed by atoms with Crippen LogP contribution < -0.4 is 10.1 Å². The lowest BCUT2D eigenvalue weighted by Gasteiger charge is -2.29. The van der Waals surface area contributed by atoms with Crippen molar-refractivity contribution < 1.29 is 14.3 Å². The molecule has 1 atom stereocenters. The van der Waals surface area contributed by atoms with Crippen LogP contribution in [0.15, 0.2) is 53.0 Å². The number of hydrogen-bond acceptors (Lipinski definition) is 3. The maximum atomic E-state index is 13.2. The summed E-state index contributed by atoms with van der Waals surface area (Å²) >= 11 is 3.43. The molecule has 6 heteroatoms. The summed E-state index contributed by atoms with van der Waals surface area (Å²) in [5.74, 6) is 0.926. The van der Waals surface area contributed by atoms with Crippen molar-refractivity contribution in [3.05, 3.63) is 64.1 Å². The van der Waals surface area contributed by atoms with Gasteiger partial charge in [0.15, 0.2) is 6.61 Å². The van der Waals surface area contributed by atoms with Crippen molar-refractivity contribution >= 4 is 27.7 Å². The average molecular weight is 489 g/mol. The van der Waals surface area contributed by atoms with E-state index in [4.69, 9.17) is 4.74 Å². The first-order valence-electron chi connectivity index (χ1n) is 10.7. The fourth-order valence-corrected chi connectivity index (χ4v) is 3.40. The van der Waals surface area contributed by atoms with Gasteiger partial charge in [0, 0.05) is 17.6 Å². The Kier molecular flexibility index (Phi) is 9.56. The quantitative estimate of drug-likeness (QED) is 0.503. The zero-order valence-corrected chi connectivity index (χ0v) is 20.6. The lowest BCUT2D eigenvalue weighted by Crippen LogP contribution is -2.49. The van der Waals surface area contributed by atoms with E-state index < -0.39 is 6.04 Å². The predicted molar refractivity (Wildman–Crippen MR) is 128 cm³/mol. The lowest BCUT2D eigenvalue weighted by molar-refractivity contribution is -0.142. The summed E-state index contributed by atoms with van der Waals surface area (Å²) in [7, 11) is 0. The highest BCUT2D eigenvalue weighted by atomic mass is 79.9. The Hall–Kier alpha value is -2.34. The second kappa shape index (κ2) is 11.9. The van der Waals surface area contributed by atoms with Crippen LogP contribution in [0.5, 0.6) is 5.75 Å². The third-order valence-electron chi connectivity index (χ3n) is 5.01. The van der Waals surface area contributed by atoms with Gasteiger partial charge >= 0.3 is 0 Å². The third kappa shape index (κ3) is 7.69. The van der Waals surface area contributed by atoms with Crippen LogP contribution in [0, 0.1) is 5.92 Å². The summed E-state index contributed by atoms with van der Waals surface area (Å²) in [6, 6.07) is 14.9. The summed E-state index contributed by atoms with van der Waals surface area (Å²) in [5.41, 5.74) is 2.00. The van der Waals surface area contributed by atoms with Crippen molar-refractivity contribution in [2.45, 2.75) is 53.1 Å². The number of benzene rings is 2. The van der Waals surface area contributed by atoms with E-state index >= 15 is 0 Å². The maximum absolute atomic E-state index is 13.2. The molecule has 0 aliphatic carbocycles. The Labute approximate surface area is 194 Å². The Balaban J connectivity index is 2.17. The van der Waals surface area contributed by atoms with E-state index in [9.17, 15) is 9.59 Å². The predicted octanol–water partition coefficient (Wildman–Crippen LogP) is 5.14. The minimum atomic E-state index is -0.612. The van der Waals surface area contributed by atoms with Gasteiger partial charge in [-0.15, -0.1) is 0 Å². The first kappa shape index (κ1) is 24.9. The second-order valence-corrected chi connectivity index (χ2v) is 9.36. The molecule has 0 saturated heterocycles. The standard InChI is InChI=1S/C25H33BrN2O3/c1-17(2)14-27-25(30)19(5)28(15-20-10-12-21(26)13-11-20)24(29)16-31-23-9-7-6-8-22(23)18(3)4/h6-13,17-19H,14-16H2,1-5H3,(H,27,30). The van der Waals surface area contributed by atoms with E-state index in [1.807, 2.05) is 62.4 Å². The molecule has 2 amide bonds. The van der Waals surface area contributed by atoms with E-state index in [2.05, 4.69) is 35.1 Å². The number of ether oxygens (including phenoxy) is 1. The third-order valence-corrected chi connectivity index (χ3v) is 5.54.